The molecule has 5 heteroatoms. The van der Waals surface area contributed by atoms with Gasteiger partial charge < -0.3 is 15.0 Å². The largest absolute Gasteiger partial charge is 0.380 e. The third-order valence-corrected chi connectivity index (χ3v) is 2.94. The van der Waals surface area contributed by atoms with E-state index in [1.807, 2.05) is 35.8 Å². The van der Waals surface area contributed by atoms with Gasteiger partial charge in [0.25, 0.3) is 0 Å². The Morgan fingerprint density at radius 3 is 2.72 bits per heavy atom. The second-order valence-electron chi connectivity index (χ2n) is 3.86. The van der Waals surface area contributed by atoms with Crippen LogP contribution in [0.1, 0.15) is 6.92 Å². The molecule has 1 heterocycles. The fraction of sp³-hybridized carbons (Fsp3) is 0.308. The maximum absolute atomic E-state index is 5.88. The molecule has 0 saturated carbocycles. The number of rotatable bonds is 5. The minimum atomic E-state index is 0.500. The van der Waals surface area contributed by atoms with Crippen molar-refractivity contribution >= 4 is 17.5 Å². The molecule has 0 atom stereocenters. The SMILES string of the molecule is CCOCCn1c(-c2ccc(Cl)cc2)cnc1N. The van der Waals surface area contributed by atoms with Gasteiger partial charge in [-0.1, -0.05) is 23.7 Å². The highest BCUT2D eigenvalue weighted by Crippen LogP contribution is 2.23. The summed E-state index contributed by atoms with van der Waals surface area (Å²) in [5.74, 6) is 0.500. The van der Waals surface area contributed by atoms with Gasteiger partial charge in [-0.2, -0.15) is 0 Å². The second kappa shape index (κ2) is 5.89. The van der Waals surface area contributed by atoms with Crippen molar-refractivity contribution in [3.8, 4) is 11.3 Å². The zero-order valence-corrected chi connectivity index (χ0v) is 11.0. The molecule has 4 nitrogen and oxygen atoms in total. The standard InChI is InChI=1S/C13H16ClN3O/c1-2-18-8-7-17-12(9-16-13(17)15)10-3-5-11(14)6-4-10/h3-6,9H,2,7-8H2,1H3,(H2,15,16). The van der Waals surface area contributed by atoms with Crippen LogP contribution in [0.2, 0.25) is 5.02 Å². The molecule has 0 aliphatic carbocycles. The average Bonchev–Trinajstić information content (AvgIpc) is 2.73. The Morgan fingerprint density at radius 1 is 1.33 bits per heavy atom. The summed E-state index contributed by atoms with van der Waals surface area (Å²) in [4.78, 5) is 4.15. The number of nitrogens with zero attached hydrogens (tertiary/aromatic N) is 2. The lowest BCUT2D eigenvalue weighted by Gasteiger charge is -2.10. The van der Waals surface area contributed by atoms with Gasteiger partial charge in [0.05, 0.1) is 18.5 Å². The van der Waals surface area contributed by atoms with E-state index in [0.717, 1.165) is 11.3 Å². The lowest BCUT2D eigenvalue weighted by Crippen LogP contribution is -2.10. The maximum atomic E-state index is 5.88. The third-order valence-electron chi connectivity index (χ3n) is 2.69. The normalized spacial score (nSPS) is 10.8. The summed E-state index contributed by atoms with van der Waals surface area (Å²) in [6.07, 6.45) is 1.77. The van der Waals surface area contributed by atoms with Crippen LogP contribution < -0.4 is 5.73 Å². The minimum absolute atomic E-state index is 0.500. The van der Waals surface area contributed by atoms with E-state index in [1.165, 1.54) is 0 Å². The van der Waals surface area contributed by atoms with E-state index >= 15 is 0 Å². The number of anilines is 1. The van der Waals surface area contributed by atoms with Crippen LogP contribution in [-0.2, 0) is 11.3 Å². The van der Waals surface area contributed by atoms with Gasteiger partial charge in [-0.15, -0.1) is 0 Å². The van der Waals surface area contributed by atoms with Gasteiger partial charge in [0.15, 0.2) is 0 Å². The Bertz CT molecular complexity index is 507. The van der Waals surface area contributed by atoms with E-state index in [2.05, 4.69) is 4.98 Å². The van der Waals surface area contributed by atoms with Crippen LogP contribution >= 0.6 is 11.6 Å². The van der Waals surface area contributed by atoms with Gasteiger partial charge in [-0.3, -0.25) is 0 Å². The maximum Gasteiger partial charge on any atom is 0.200 e. The first-order valence-electron chi connectivity index (χ1n) is 5.87. The van der Waals surface area contributed by atoms with Gasteiger partial charge in [-0.05, 0) is 24.6 Å². The molecule has 0 saturated heterocycles. The van der Waals surface area contributed by atoms with Gasteiger partial charge >= 0.3 is 0 Å². The number of nitrogens with two attached hydrogens (primary N) is 1. The Kier molecular flexibility index (Phi) is 4.23. The Labute approximate surface area is 111 Å². The van der Waals surface area contributed by atoms with E-state index in [4.69, 9.17) is 22.1 Å². The number of nitrogen functional groups attached to an aromatic ring is 1. The van der Waals surface area contributed by atoms with Crippen molar-refractivity contribution in [3.05, 3.63) is 35.5 Å². The van der Waals surface area contributed by atoms with Crippen LogP contribution in [0.25, 0.3) is 11.3 Å². The van der Waals surface area contributed by atoms with E-state index in [0.29, 0.717) is 30.7 Å². The zero-order chi connectivity index (χ0) is 13.0. The molecular formula is C13H16ClN3O. The van der Waals surface area contributed by atoms with Crippen LogP contribution in [-0.4, -0.2) is 22.8 Å². The molecule has 0 aliphatic heterocycles. The lowest BCUT2D eigenvalue weighted by molar-refractivity contribution is 0.139. The Morgan fingerprint density at radius 2 is 2.06 bits per heavy atom. The van der Waals surface area contributed by atoms with Crippen LogP contribution in [0.5, 0.6) is 0 Å². The van der Waals surface area contributed by atoms with E-state index in [-0.39, 0.29) is 0 Å². The predicted octanol–water partition coefficient (Wildman–Crippen LogP) is 2.82. The summed E-state index contributed by atoms with van der Waals surface area (Å²) >= 11 is 5.88. The monoisotopic (exact) mass is 265 g/mol. The average molecular weight is 266 g/mol. The molecule has 2 aromatic rings. The van der Waals surface area contributed by atoms with Gasteiger partial charge in [0, 0.05) is 18.2 Å². The summed E-state index contributed by atoms with van der Waals surface area (Å²) in [5.41, 5.74) is 7.88. The fourth-order valence-electron chi connectivity index (χ4n) is 1.78. The van der Waals surface area contributed by atoms with Gasteiger partial charge in [0.2, 0.25) is 5.95 Å². The van der Waals surface area contributed by atoms with E-state index in [9.17, 15) is 0 Å². The lowest BCUT2D eigenvalue weighted by atomic mass is 10.2. The highest BCUT2D eigenvalue weighted by atomic mass is 35.5. The van der Waals surface area contributed by atoms with Gasteiger partial charge in [-0.25, -0.2) is 4.98 Å². The molecule has 0 aliphatic rings. The number of hydrogen-bond donors (Lipinski definition) is 1. The van der Waals surface area contributed by atoms with Crippen molar-refractivity contribution in [1.82, 2.24) is 9.55 Å². The first-order valence-corrected chi connectivity index (χ1v) is 6.25. The molecule has 0 fully saturated rings. The highest BCUT2D eigenvalue weighted by molar-refractivity contribution is 6.30. The number of ether oxygens (including phenoxy) is 1. The molecule has 2 rings (SSSR count). The topological polar surface area (TPSA) is 53.1 Å². The zero-order valence-electron chi connectivity index (χ0n) is 10.3. The number of aromatic nitrogens is 2. The molecule has 1 aromatic heterocycles. The molecule has 0 unspecified atom stereocenters. The number of halogens is 1. The second-order valence-corrected chi connectivity index (χ2v) is 4.29. The van der Waals surface area contributed by atoms with Crippen molar-refractivity contribution in [2.45, 2.75) is 13.5 Å². The van der Waals surface area contributed by atoms with Crippen molar-refractivity contribution in [1.29, 1.82) is 0 Å². The summed E-state index contributed by atoms with van der Waals surface area (Å²) in [6.45, 7) is 3.98. The molecule has 2 N–H and O–H groups in total. The molecule has 0 radical (unpaired) electrons. The fourth-order valence-corrected chi connectivity index (χ4v) is 1.90. The van der Waals surface area contributed by atoms with E-state index in [1.54, 1.807) is 6.20 Å². The summed E-state index contributed by atoms with van der Waals surface area (Å²) in [6, 6.07) is 7.62. The first kappa shape index (κ1) is 12.9. The van der Waals surface area contributed by atoms with Gasteiger partial charge in [0.1, 0.15) is 0 Å². The number of imidazole rings is 1. The Hall–Kier alpha value is -1.52. The molecule has 0 bridgehead atoms. The molecular weight excluding hydrogens is 250 g/mol. The third kappa shape index (κ3) is 2.83. The summed E-state index contributed by atoms with van der Waals surface area (Å²) in [7, 11) is 0. The quantitative estimate of drug-likeness (QED) is 0.846. The van der Waals surface area contributed by atoms with Crippen LogP contribution in [0.15, 0.2) is 30.5 Å². The minimum Gasteiger partial charge on any atom is -0.380 e. The van der Waals surface area contributed by atoms with Crippen molar-refractivity contribution in [3.63, 3.8) is 0 Å². The van der Waals surface area contributed by atoms with Crippen LogP contribution in [0.4, 0.5) is 5.95 Å². The summed E-state index contributed by atoms with van der Waals surface area (Å²) < 4.78 is 7.29. The summed E-state index contributed by atoms with van der Waals surface area (Å²) in [5, 5.41) is 0.715. The van der Waals surface area contributed by atoms with E-state index < -0.39 is 0 Å². The molecule has 1 aromatic carbocycles. The van der Waals surface area contributed by atoms with Crippen molar-refractivity contribution in [2.75, 3.05) is 18.9 Å². The highest BCUT2D eigenvalue weighted by Gasteiger charge is 2.09. The molecule has 0 amide bonds. The first-order chi connectivity index (χ1) is 8.72. The number of hydrogen-bond acceptors (Lipinski definition) is 3. The molecule has 96 valence electrons. The van der Waals surface area contributed by atoms with Crippen LogP contribution in [0.3, 0.4) is 0 Å². The number of benzene rings is 1. The predicted molar refractivity (Wildman–Crippen MR) is 73.6 cm³/mol. The van der Waals surface area contributed by atoms with Crippen LogP contribution in [0, 0.1) is 0 Å². The Balaban J connectivity index is 2.24. The van der Waals surface area contributed by atoms with Crippen molar-refractivity contribution < 1.29 is 4.74 Å². The molecule has 0 spiro atoms. The van der Waals surface area contributed by atoms with Crippen molar-refractivity contribution in [2.24, 2.45) is 0 Å². The molecule has 18 heavy (non-hydrogen) atoms. The smallest absolute Gasteiger partial charge is 0.200 e.